The van der Waals surface area contributed by atoms with Gasteiger partial charge < -0.3 is 23.7 Å². The molecule has 8 heteroatoms. The van der Waals surface area contributed by atoms with Crippen molar-refractivity contribution >= 4 is 36.7 Å². The molecule has 5 atom stereocenters. The molecule has 4 rings (SSSR count). The molecule has 1 fully saturated rings. The first kappa shape index (κ1) is 32.1. The van der Waals surface area contributed by atoms with Crippen LogP contribution in [0.1, 0.15) is 33.3 Å². The van der Waals surface area contributed by atoms with E-state index in [0.717, 1.165) is 15.9 Å². The number of hydrogen-bond donors (Lipinski definition) is 0. The van der Waals surface area contributed by atoms with Crippen molar-refractivity contribution in [2.45, 2.75) is 69.0 Å². The summed E-state index contributed by atoms with van der Waals surface area (Å²) in [5.74, 6) is -0.491. The molecule has 0 aliphatic carbocycles. The van der Waals surface area contributed by atoms with Gasteiger partial charge in [-0.1, -0.05) is 119 Å². The second-order valence-corrected chi connectivity index (χ2v) is 14.7. The lowest BCUT2D eigenvalue weighted by atomic mass is 9.98. The second-order valence-electron chi connectivity index (χ2n) is 11.2. The largest absolute Gasteiger partial charge is 0.456 e. The van der Waals surface area contributed by atoms with Crippen LogP contribution in [0, 0.1) is 0 Å². The van der Waals surface area contributed by atoms with Gasteiger partial charge >= 0.3 is 5.97 Å². The molecule has 0 bridgehead atoms. The van der Waals surface area contributed by atoms with Crippen molar-refractivity contribution in [1.29, 1.82) is 0 Å². The number of hydrogen-bond acceptors (Lipinski definition) is 6. The Bertz CT molecular complexity index is 1230. The molecule has 0 spiro atoms. The van der Waals surface area contributed by atoms with Crippen LogP contribution in [0.2, 0.25) is 0 Å². The molecular formula is C34H40ClO6Si. The van der Waals surface area contributed by atoms with Crippen molar-refractivity contribution in [1.82, 2.24) is 0 Å². The van der Waals surface area contributed by atoms with Crippen LogP contribution < -0.4 is 10.4 Å². The van der Waals surface area contributed by atoms with Gasteiger partial charge in [0.15, 0.2) is 19.6 Å². The van der Waals surface area contributed by atoms with Gasteiger partial charge in [-0.15, -0.1) is 6.58 Å². The lowest BCUT2D eigenvalue weighted by Crippen LogP contribution is -2.74. The summed E-state index contributed by atoms with van der Waals surface area (Å²) in [7, 11) is -1.98. The van der Waals surface area contributed by atoms with Crippen molar-refractivity contribution in [2.24, 2.45) is 0 Å². The lowest BCUT2D eigenvalue weighted by Gasteiger charge is -2.52. The molecule has 1 aliphatic rings. The number of esters is 1. The van der Waals surface area contributed by atoms with Crippen LogP contribution in [0.3, 0.4) is 0 Å². The Morgan fingerprint density at radius 1 is 0.929 bits per heavy atom. The molecule has 0 N–H and O–H groups in total. The van der Waals surface area contributed by atoms with Crippen molar-refractivity contribution in [2.75, 3.05) is 13.2 Å². The van der Waals surface area contributed by atoms with Crippen LogP contribution in [0.15, 0.2) is 104 Å². The zero-order valence-electron chi connectivity index (χ0n) is 24.7. The van der Waals surface area contributed by atoms with E-state index in [9.17, 15) is 4.79 Å². The number of carbonyl (C=O) groups excluding carboxylic acids is 1. The molecule has 3 aromatic carbocycles. The highest BCUT2D eigenvalue weighted by molar-refractivity contribution is 6.92. The number of halogens is 1. The van der Waals surface area contributed by atoms with Crippen LogP contribution in [0.4, 0.5) is 0 Å². The first-order chi connectivity index (χ1) is 20.1. The van der Waals surface area contributed by atoms with Crippen molar-refractivity contribution < 1.29 is 28.5 Å². The predicted octanol–water partition coefficient (Wildman–Crippen LogP) is 5.07. The van der Waals surface area contributed by atoms with Gasteiger partial charge in [0.05, 0.1) is 25.4 Å². The Kier molecular flexibility index (Phi) is 11.2. The molecule has 223 valence electrons. The summed E-state index contributed by atoms with van der Waals surface area (Å²) in [4.78, 5) is 12.7. The summed E-state index contributed by atoms with van der Waals surface area (Å²) >= 11 is 7.75. The van der Waals surface area contributed by atoms with Crippen molar-refractivity contribution in [3.63, 3.8) is 0 Å². The number of ether oxygens (including phenoxy) is 5. The minimum absolute atomic E-state index is 0.191. The highest BCUT2D eigenvalue weighted by Gasteiger charge is 2.61. The van der Waals surface area contributed by atoms with Crippen LogP contribution in [-0.4, -0.2) is 62.7 Å². The van der Waals surface area contributed by atoms with E-state index in [1.165, 1.54) is 6.92 Å². The highest BCUT2D eigenvalue weighted by Crippen LogP contribution is 2.41. The molecular weight excluding hydrogens is 568 g/mol. The maximum Gasteiger partial charge on any atom is 0.303 e. The monoisotopic (exact) mass is 607 g/mol. The van der Waals surface area contributed by atoms with E-state index in [0.29, 0.717) is 6.61 Å². The fourth-order valence-electron chi connectivity index (χ4n) is 5.03. The molecule has 3 aromatic rings. The molecule has 1 aliphatic heterocycles. The predicted molar refractivity (Wildman–Crippen MR) is 168 cm³/mol. The van der Waals surface area contributed by atoms with Crippen LogP contribution in [-0.2, 0) is 35.1 Å². The maximum absolute atomic E-state index is 12.7. The Morgan fingerprint density at radius 2 is 1.48 bits per heavy atom. The Morgan fingerprint density at radius 3 is 1.98 bits per heavy atom. The van der Waals surface area contributed by atoms with Gasteiger partial charge in [0.25, 0.3) is 0 Å². The fourth-order valence-corrected chi connectivity index (χ4v) is 8.92. The maximum atomic E-state index is 12.7. The fraction of sp³-hybridized carbons (Fsp3) is 0.382. The second kappa shape index (κ2) is 14.6. The summed E-state index contributed by atoms with van der Waals surface area (Å²) in [6.07, 6.45) is -1.43. The quantitative estimate of drug-likeness (QED) is 0.124. The van der Waals surface area contributed by atoms with E-state index in [4.69, 9.17) is 35.3 Å². The Hall–Kier alpha value is -2.78. The summed E-state index contributed by atoms with van der Waals surface area (Å²) < 4.78 is 30.7. The van der Waals surface area contributed by atoms with Crippen LogP contribution >= 0.6 is 11.6 Å². The minimum Gasteiger partial charge on any atom is -0.456 e. The number of carbonyl (C=O) groups is 1. The van der Waals surface area contributed by atoms with Gasteiger partial charge in [-0.05, 0) is 26.3 Å². The average Bonchev–Trinajstić information content (AvgIpc) is 2.97. The lowest BCUT2D eigenvalue weighted by molar-refractivity contribution is -0.261. The van der Waals surface area contributed by atoms with E-state index in [-0.39, 0.29) is 13.2 Å². The summed E-state index contributed by atoms with van der Waals surface area (Å²) in [6, 6.07) is 29.8. The molecule has 0 saturated carbocycles. The van der Waals surface area contributed by atoms with E-state index < -0.39 is 49.5 Å². The summed E-state index contributed by atoms with van der Waals surface area (Å²) in [6.45, 7) is 11.9. The first-order valence-corrected chi connectivity index (χ1v) is 16.0. The zero-order chi connectivity index (χ0) is 30.2. The number of alkyl halides is 1. The van der Waals surface area contributed by atoms with E-state index in [2.05, 4.69) is 6.58 Å². The van der Waals surface area contributed by atoms with Gasteiger partial charge in [-0.25, -0.2) is 0 Å². The molecule has 6 nitrogen and oxygen atoms in total. The van der Waals surface area contributed by atoms with Crippen molar-refractivity contribution in [3.05, 3.63) is 109 Å². The van der Waals surface area contributed by atoms with Gasteiger partial charge in [0, 0.05) is 6.92 Å². The van der Waals surface area contributed by atoms with E-state index in [1.807, 2.05) is 112 Å². The Balaban J connectivity index is 1.85. The first-order valence-electron chi connectivity index (χ1n) is 14.2. The zero-order valence-corrected chi connectivity index (χ0v) is 26.5. The van der Waals surface area contributed by atoms with E-state index in [1.54, 1.807) is 6.08 Å². The average molecular weight is 608 g/mol. The highest BCUT2D eigenvalue weighted by atomic mass is 35.5. The molecule has 0 amide bonds. The van der Waals surface area contributed by atoms with E-state index >= 15 is 0 Å². The summed E-state index contributed by atoms with van der Waals surface area (Å²) in [5, 5.41) is 2.00. The van der Waals surface area contributed by atoms with Gasteiger partial charge in [0.1, 0.15) is 18.3 Å². The standard InChI is InChI=1S/C34H40ClO6Si/c1-6-22-37-31-30(38-23-26-16-10-7-11-17-26)29(24-39-33(3,4)5)41-34(35,32(31)40-25(2)36)42(27-18-12-8-13-19-27)28-20-14-9-15-21-28/h6-21,29-32H,1,22-24H2,2-5H3/t29-,30-,31+,32-,34?/m1/s1. The third-order valence-electron chi connectivity index (χ3n) is 6.81. The molecule has 1 unspecified atom stereocenters. The molecule has 0 aromatic heterocycles. The topological polar surface area (TPSA) is 63.2 Å². The molecule has 1 saturated heterocycles. The Labute approximate surface area is 256 Å². The van der Waals surface area contributed by atoms with Gasteiger partial charge in [-0.3, -0.25) is 4.79 Å². The smallest absolute Gasteiger partial charge is 0.303 e. The minimum atomic E-state index is -1.98. The summed E-state index contributed by atoms with van der Waals surface area (Å²) in [5.41, 5.74) is 0.541. The molecule has 42 heavy (non-hydrogen) atoms. The third-order valence-corrected chi connectivity index (χ3v) is 10.6. The third kappa shape index (κ3) is 8.19. The molecule has 1 heterocycles. The van der Waals surface area contributed by atoms with Crippen LogP contribution in [0.5, 0.6) is 0 Å². The van der Waals surface area contributed by atoms with Crippen molar-refractivity contribution in [3.8, 4) is 0 Å². The SMILES string of the molecule is C=CCO[C@H]1[C@H](OCc2ccccc2)[C@@H](COC(C)(C)C)OC(Cl)([Si](c2ccccc2)c2ccccc2)[C@@H]1OC(C)=O. The normalized spacial score (nSPS) is 24.3. The number of benzene rings is 3. The van der Waals surface area contributed by atoms with Crippen LogP contribution in [0.25, 0.3) is 0 Å². The number of rotatable bonds is 12. The van der Waals surface area contributed by atoms with Gasteiger partial charge in [-0.2, -0.15) is 0 Å². The molecule has 1 radical (unpaired) electrons. The van der Waals surface area contributed by atoms with Gasteiger partial charge in [0.2, 0.25) is 0 Å².